The monoisotopic (exact) mass is 410 g/mol. The summed E-state index contributed by atoms with van der Waals surface area (Å²) in [6.07, 6.45) is 0. The highest BCUT2D eigenvalue weighted by Crippen LogP contribution is 2.28. The lowest BCUT2D eigenvalue weighted by molar-refractivity contribution is -0.116. The van der Waals surface area contributed by atoms with E-state index in [0.717, 1.165) is 10.9 Å². The van der Waals surface area contributed by atoms with E-state index in [1.165, 1.54) is 24.5 Å². The molecule has 1 aromatic carbocycles. The number of aromatic nitrogens is 1. The number of amides is 1. The molecule has 156 valence electrons. The smallest absolute Gasteiger partial charge is 0.344 e. The first-order chi connectivity index (χ1) is 14.2. The molecule has 0 fully saturated rings. The van der Waals surface area contributed by atoms with Crippen LogP contribution in [0.5, 0.6) is 0 Å². The molecular weight excluding hydrogens is 388 g/mol. The summed E-state index contributed by atoms with van der Waals surface area (Å²) in [5, 5.41) is 3.35. The molecule has 0 aliphatic rings. The van der Waals surface area contributed by atoms with Gasteiger partial charge in [0.2, 0.25) is 11.8 Å². The van der Waals surface area contributed by atoms with Crippen molar-refractivity contribution in [2.24, 2.45) is 0 Å². The molecule has 0 aliphatic carbocycles. The normalized spacial score (nSPS) is 10.8. The summed E-state index contributed by atoms with van der Waals surface area (Å²) >= 11 is 0. The zero-order valence-corrected chi connectivity index (χ0v) is 17.2. The van der Waals surface area contributed by atoms with E-state index in [9.17, 15) is 19.2 Å². The first kappa shape index (κ1) is 21.0. The van der Waals surface area contributed by atoms with Gasteiger partial charge in [-0.1, -0.05) is 18.2 Å². The number of furan rings is 1. The number of pyridine rings is 1. The molecule has 0 bridgehead atoms. The average molecular weight is 410 g/mol. The van der Waals surface area contributed by atoms with Gasteiger partial charge >= 0.3 is 5.97 Å². The minimum absolute atomic E-state index is 0.0571. The van der Waals surface area contributed by atoms with Crippen molar-refractivity contribution in [2.75, 3.05) is 11.9 Å². The van der Waals surface area contributed by atoms with Crippen LogP contribution < -0.4 is 10.9 Å². The van der Waals surface area contributed by atoms with E-state index in [-0.39, 0.29) is 47.3 Å². The van der Waals surface area contributed by atoms with Crippen molar-refractivity contribution in [3.8, 4) is 0 Å². The first-order valence-electron chi connectivity index (χ1n) is 9.45. The van der Waals surface area contributed by atoms with Crippen molar-refractivity contribution >= 4 is 34.4 Å². The standard InChI is InChI=1S/C22H22N2O6/c1-5-29-22(28)20-19(13(3)25)14(4)30-21(20)23-17(26)11-24-16-9-7-6-8-15(16)12(2)10-18(24)27/h6-10H,5,11H2,1-4H3,(H,23,26). The van der Waals surface area contributed by atoms with Crippen molar-refractivity contribution in [1.29, 1.82) is 0 Å². The maximum absolute atomic E-state index is 12.7. The number of benzene rings is 1. The van der Waals surface area contributed by atoms with Crippen LogP contribution in [-0.2, 0) is 16.1 Å². The summed E-state index contributed by atoms with van der Waals surface area (Å²) in [5.74, 6) is -1.72. The van der Waals surface area contributed by atoms with Crippen molar-refractivity contribution in [3.05, 3.63) is 63.1 Å². The lowest BCUT2D eigenvalue weighted by atomic mass is 10.1. The summed E-state index contributed by atoms with van der Waals surface area (Å²) in [7, 11) is 0. The third-order valence-electron chi connectivity index (χ3n) is 4.70. The fourth-order valence-corrected chi connectivity index (χ4v) is 3.43. The Balaban J connectivity index is 1.98. The Morgan fingerprint density at radius 3 is 2.50 bits per heavy atom. The zero-order valence-electron chi connectivity index (χ0n) is 17.2. The van der Waals surface area contributed by atoms with Crippen LogP contribution in [-0.4, -0.2) is 28.8 Å². The van der Waals surface area contributed by atoms with Gasteiger partial charge in [-0.3, -0.25) is 24.3 Å². The number of anilines is 1. The number of carbonyl (C=O) groups is 3. The van der Waals surface area contributed by atoms with Gasteiger partial charge in [0, 0.05) is 11.5 Å². The second kappa shape index (κ2) is 8.36. The molecular formula is C22H22N2O6. The van der Waals surface area contributed by atoms with E-state index < -0.39 is 11.9 Å². The van der Waals surface area contributed by atoms with Gasteiger partial charge in [-0.05, 0) is 39.3 Å². The van der Waals surface area contributed by atoms with E-state index in [0.29, 0.717) is 5.52 Å². The summed E-state index contributed by atoms with van der Waals surface area (Å²) in [5.41, 5.74) is 1.03. The summed E-state index contributed by atoms with van der Waals surface area (Å²) < 4.78 is 11.8. The quantitative estimate of drug-likeness (QED) is 0.494. The number of fused-ring (bicyclic) bond motifs is 1. The van der Waals surface area contributed by atoms with Crippen molar-refractivity contribution in [2.45, 2.75) is 34.2 Å². The molecule has 8 heteroatoms. The Morgan fingerprint density at radius 2 is 1.83 bits per heavy atom. The number of hydrogen-bond acceptors (Lipinski definition) is 6. The predicted octanol–water partition coefficient (Wildman–Crippen LogP) is 3.23. The number of nitrogens with one attached hydrogen (secondary N) is 1. The molecule has 0 radical (unpaired) electrons. The third kappa shape index (κ3) is 3.89. The molecule has 8 nitrogen and oxygen atoms in total. The molecule has 0 aliphatic heterocycles. The number of rotatable bonds is 6. The highest BCUT2D eigenvalue weighted by Gasteiger charge is 2.28. The van der Waals surface area contributed by atoms with Gasteiger partial charge in [-0.2, -0.15) is 0 Å². The maximum atomic E-state index is 12.7. The lowest BCUT2D eigenvalue weighted by Crippen LogP contribution is -2.28. The molecule has 0 atom stereocenters. The molecule has 0 saturated heterocycles. The van der Waals surface area contributed by atoms with Gasteiger partial charge in [-0.25, -0.2) is 4.79 Å². The fourth-order valence-electron chi connectivity index (χ4n) is 3.43. The van der Waals surface area contributed by atoms with Gasteiger partial charge in [0.15, 0.2) is 5.78 Å². The van der Waals surface area contributed by atoms with Crippen molar-refractivity contribution in [1.82, 2.24) is 4.57 Å². The zero-order chi connectivity index (χ0) is 22.0. The van der Waals surface area contributed by atoms with Gasteiger partial charge in [0.05, 0.1) is 17.7 Å². The number of hydrogen-bond donors (Lipinski definition) is 1. The van der Waals surface area contributed by atoms with Crippen LogP contribution in [0, 0.1) is 13.8 Å². The molecule has 0 unspecified atom stereocenters. The minimum atomic E-state index is -0.771. The summed E-state index contributed by atoms with van der Waals surface area (Å²) in [4.78, 5) is 49.6. The molecule has 2 aromatic heterocycles. The molecule has 2 heterocycles. The average Bonchev–Trinajstić information content (AvgIpc) is 3.01. The molecule has 1 N–H and O–H groups in total. The predicted molar refractivity (Wildman–Crippen MR) is 111 cm³/mol. The minimum Gasteiger partial charge on any atom is -0.462 e. The van der Waals surface area contributed by atoms with Gasteiger partial charge in [0.25, 0.3) is 5.56 Å². The Bertz CT molecular complexity index is 1220. The van der Waals surface area contributed by atoms with Crippen LogP contribution in [0.15, 0.2) is 39.5 Å². The van der Waals surface area contributed by atoms with Crippen LogP contribution in [0.4, 0.5) is 5.88 Å². The third-order valence-corrected chi connectivity index (χ3v) is 4.70. The molecule has 0 saturated carbocycles. The van der Waals surface area contributed by atoms with Gasteiger partial charge in [0.1, 0.15) is 17.9 Å². The molecule has 3 rings (SSSR count). The Morgan fingerprint density at radius 1 is 1.13 bits per heavy atom. The largest absolute Gasteiger partial charge is 0.462 e. The summed E-state index contributed by atoms with van der Waals surface area (Å²) in [6, 6.07) is 8.72. The maximum Gasteiger partial charge on any atom is 0.344 e. The molecule has 3 aromatic rings. The van der Waals surface area contributed by atoms with Gasteiger partial charge < -0.3 is 9.15 Å². The first-order valence-corrected chi connectivity index (χ1v) is 9.45. The van der Waals surface area contributed by atoms with E-state index in [2.05, 4.69) is 5.32 Å². The molecule has 1 amide bonds. The second-order valence-electron chi connectivity index (χ2n) is 6.83. The van der Waals surface area contributed by atoms with E-state index in [1.807, 2.05) is 19.1 Å². The van der Waals surface area contributed by atoms with Crippen LogP contribution in [0.3, 0.4) is 0 Å². The second-order valence-corrected chi connectivity index (χ2v) is 6.83. The highest BCUT2D eigenvalue weighted by atomic mass is 16.5. The van der Waals surface area contributed by atoms with Crippen LogP contribution >= 0.6 is 0 Å². The Labute approximate surface area is 172 Å². The van der Waals surface area contributed by atoms with E-state index in [4.69, 9.17) is 9.15 Å². The number of nitrogens with zero attached hydrogens (tertiary/aromatic N) is 1. The number of para-hydroxylation sites is 1. The van der Waals surface area contributed by atoms with Crippen molar-refractivity contribution in [3.63, 3.8) is 0 Å². The number of aryl methyl sites for hydroxylation is 2. The van der Waals surface area contributed by atoms with Crippen LogP contribution in [0.1, 0.15) is 45.9 Å². The van der Waals surface area contributed by atoms with Crippen LogP contribution in [0.25, 0.3) is 10.9 Å². The van der Waals surface area contributed by atoms with Crippen LogP contribution in [0.2, 0.25) is 0 Å². The number of ether oxygens (including phenoxy) is 1. The number of Topliss-reactive ketones (excluding diaryl/α,β-unsaturated/α-hetero) is 1. The number of ketones is 1. The Hall–Kier alpha value is -3.68. The van der Waals surface area contributed by atoms with Crippen molar-refractivity contribution < 1.29 is 23.5 Å². The van der Waals surface area contributed by atoms with E-state index in [1.54, 1.807) is 19.1 Å². The van der Waals surface area contributed by atoms with E-state index >= 15 is 0 Å². The highest BCUT2D eigenvalue weighted by molar-refractivity contribution is 6.10. The molecule has 30 heavy (non-hydrogen) atoms. The lowest BCUT2D eigenvalue weighted by Gasteiger charge is -2.12. The Kier molecular flexibility index (Phi) is 5.86. The fraction of sp³-hybridized carbons (Fsp3) is 0.273. The topological polar surface area (TPSA) is 108 Å². The molecule has 0 spiro atoms. The number of carbonyl (C=O) groups excluding carboxylic acids is 3. The van der Waals surface area contributed by atoms with Gasteiger partial charge in [-0.15, -0.1) is 0 Å². The summed E-state index contributed by atoms with van der Waals surface area (Å²) in [6.45, 7) is 6.08. The number of esters is 1. The SMILES string of the molecule is CCOC(=O)c1c(NC(=O)Cn2c(=O)cc(C)c3ccccc32)oc(C)c1C(C)=O.